The van der Waals surface area contributed by atoms with E-state index in [0.717, 1.165) is 40.4 Å². The van der Waals surface area contributed by atoms with Crippen molar-refractivity contribution in [3.05, 3.63) is 53.6 Å². The molecule has 2 rings (SSSR count). The molecule has 0 radical (unpaired) electrons. The molecule has 2 aromatic rings. The zero-order valence-corrected chi connectivity index (χ0v) is 17.5. The molecule has 29 heavy (non-hydrogen) atoms. The maximum atomic E-state index is 12.6. The lowest BCUT2D eigenvalue weighted by atomic mass is 10.1. The van der Waals surface area contributed by atoms with Crippen molar-refractivity contribution in [2.45, 2.75) is 24.7 Å². The number of nitrogens with zero attached hydrogens (tertiary/aromatic N) is 1. The zero-order chi connectivity index (χ0) is 20.9. The first-order valence-electron chi connectivity index (χ1n) is 9.56. The van der Waals surface area contributed by atoms with Gasteiger partial charge in [0.1, 0.15) is 0 Å². The van der Waals surface area contributed by atoms with E-state index in [1.807, 2.05) is 42.5 Å². The lowest BCUT2D eigenvalue weighted by molar-refractivity contribution is -0.109. The highest BCUT2D eigenvalue weighted by Gasteiger charge is 2.09. The van der Waals surface area contributed by atoms with Crippen LogP contribution in [0.5, 0.6) is 0 Å². The Bertz CT molecular complexity index is 827. The van der Waals surface area contributed by atoms with Crippen molar-refractivity contribution in [3.63, 3.8) is 0 Å². The second-order valence-electron chi connectivity index (χ2n) is 6.24. The quantitative estimate of drug-likeness (QED) is 0.224. The van der Waals surface area contributed by atoms with Crippen LogP contribution in [0.15, 0.2) is 52.4 Å². The minimum Gasteiger partial charge on any atom is -0.380 e. The van der Waals surface area contributed by atoms with Crippen molar-refractivity contribution in [2.24, 2.45) is 4.99 Å². The number of thioether (sulfide) groups is 1. The van der Waals surface area contributed by atoms with Gasteiger partial charge in [-0.2, -0.15) is 0 Å². The lowest BCUT2D eigenvalue weighted by Crippen LogP contribution is -2.17. The minimum absolute atomic E-state index is 0.132. The Morgan fingerprint density at radius 2 is 2.10 bits per heavy atom. The molecule has 0 spiro atoms. The van der Waals surface area contributed by atoms with Crippen molar-refractivity contribution in [3.8, 4) is 0 Å². The molecule has 0 unspecified atom stereocenters. The molecule has 0 aliphatic heterocycles. The van der Waals surface area contributed by atoms with Crippen LogP contribution in [0.2, 0.25) is 0 Å². The van der Waals surface area contributed by atoms with Gasteiger partial charge >= 0.3 is 0 Å². The van der Waals surface area contributed by atoms with Gasteiger partial charge in [0.25, 0.3) is 5.91 Å². The Hall–Kier alpha value is -2.64. The molecule has 0 aliphatic carbocycles. The van der Waals surface area contributed by atoms with Gasteiger partial charge in [-0.05, 0) is 55.5 Å². The predicted molar refractivity (Wildman–Crippen MR) is 120 cm³/mol. The number of ether oxygens (including phenoxy) is 1. The third kappa shape index (κ3) is 7.71. The number of anilines is 1. The molecule has 0 fully saturated rings. The largest absolute Gasteiger partial charge is 0.380 e. The highest BCUT2D eigenvalue weighted by atomic mass is 32.2. The molecule has 0 atom stereocenters. The second kappa shape index (κ2) is 12.7. The summed E-state index contributed by atoms with van der Waals surface area (Å²) in [5, 5.41) is 5.51. The molecular formula is C22H27N3O3S. The number of carbonyl (C=O) groups is 2. The molecular weight excluding hydrogens is 386 g/mol. The Labute approximate surface area is 176 Å². The molecule has 0 saturated heterocycles. The van der Waals surface area contributed by atoms with E-state index in [4.69, 9.17) is 4.74 Å². The molecule has 0 saturated carbocycles. The molecule has 0 bridgehead atoms. The number of nitrogens with one attached hydrogen (secondary N) is 2. The van der Waals surface area contributed by atoms with Crippen LogP contribution in [0, 0.1) is 0 Å². The Kier molecular flexibility index (Phi) is 9.95. The number of rotatable bonds is 13. The number of aliphatic imine (C=N–C) groups is 1. The standard InChI is InChI=1S/C22H27N3O3S/c1-3-17-6-4-7-18(14-17)22(27)25-19-8-9-20(23-2)21(15-19)29-13-5-11-28-12-10-24-16-26/h4,6-9,14-16H,2-3,5,10-13H2,1H3,(H,24,26)(H,25,27). The fraction of sp³-hybridized carbons (Fsp3) is 0.318. The summed E-state index contributed by atoms with van der Waals surface area (Å²) >= 11 is 1.65. The molecule has 0 aromatic heterocycles. The third-order valence-corrected chi connectivity index (χ3v) is 5.28. The predicted octanol–water partition coefficient (Wildman–Crippen LogP) is 4.08. The van der Waals surface area contributed by atoms with Crippen molar-refractivity contribution in [1.29, 1.82) is 0 Å². The highest BCUT2D eigenvalue weighted by Crippen LogP contribution is 2.32. The molecule has 154 valence electrons. The summed E-state index contributed by atoms with van der Waals surface area (Å²) in [6.07, 6.45) is 2.41. The van der Waals surface area contributed by atoms with Crippen LogP contribution >= 0.6 is 11.8 Å². The molecule has 7 heteroatoms. The van der Waals surface area contributed by atoms with Crippen molar-refractivity contribution < 1.29 is 14.3 Å². The molecule has 0 aliphatic rings. The normalized spacial score (nSPS) is 10.4. The maximum absolute atomic E-state index is 12.6. The summed E-state index contributed by atoms with van der Waals surface area (Å²) in [5.41, 5.74) is 3.29. The summed E-state index contributed by atoms with van der Waals surface area (Å²) in [6.45, 7) is 7.33. The average molecular weight is 414 g/mol. The van der Waals surface area contributed by atoms with Crippen LogP contribution in [0.1, 0.15) is 29.3 Å². The van der Waals surface area contributed by atoms with Gasteiger partial charge in [0.2, 0.25) is 6.41 Å². The fourth-order valence-corrected chi connectivity index (χ4v) is 3.58. The number of carbonyl (C=O) groups excluding carboxylic acids is 2. The topological polar surface area (TPSA) is 79.8 Å². The molecule has 2 amide bonds. The monoisotopic (exact) mass is 413 g/mol. The Balaban J connectivity index is 1.91. The van der Waals surface area contributed by atoms with Gasteiger partial charge in [0.15, 0.2) is 0 Å². The summed E-state index contributed by atoms with van der Waals surface area (Å²) in [6, 6.07) is 13.2. The van der Waals surface area contributed by atoms with Crippen molar-refractivity contribution >= 4 is 42.2 Å². The van der Waals surface area contributed by atoms with E-state index in [9.17, 15) is 9.59 Å². The fourth-order valence-electron chi connectivity index (χ4n) is 2.61. The first kappa shape index (κ1) is 22.6. The first-order chi connectivity index (χ1) is 14.2. The van der Waals surface area contributed by atoms with Crippen LogP contribution in [-0.4, -0.2) is 44.5 Å². The number of hydrogen-bond donors (Lipinski definition) is 2. The van der Waals surface area contributed by atoms with Gasteiger partial charge in [-0.1, -0.05) is 19.1 Å². The summed E-state index contributed by atoms with van der Waals surface area (Å²) in [7, 11) is 0. The minimum atomic E-state index is -0.132. The van der Waals surface area contributed by atoms with E-state index in [1.54, 1.807) is 11.8 Å². The van der Waals surface area contributed by atoms with Crippen molar-refractivity contribution in [2.75, 3.05) is 30.8 Å². The van der Waals surface area contributed by atoms with E-state index in [-0.39, 0.29) is 5.91 Å². The Morgan fingerprint density at radius 3 is 2.86 bits per heavy atom. The summed E-state index contributed by atoms with van der Waals surface area (Å²) in [4.78, 5) is 27.7. The van der Waals surface area contributed by atoms with Gasteiger partial charge in [0, 0.05) is 35.1 Å². The Morgan fingerprint density at radius 1 is 1.24 bits per heavy atom. The summed E-state index contributed by atoms with van der Waals surface area (Å²) < 4.78 is 5.45. The van der Waals surface area contributed by atoms with E-state index in [0.29, 0.717) is 31.7 Å². The lowest BCUT2D eigenvalue weighted by Gasteiger charge is -2.11. The van der Waals surface area contributed by atoms with Crippen LogP contribution in [0.25, 0.3) is 0 Å². The van der Waals surface area contributed by atoms with Crippen LogP contribution < -0.4 is 10.6 Å². The molecule has 0 heterocycles. The number of amides is 2. The van der Waals surface area contributed by atoms with E-state index >= 15 is 0 Å². The van der Waals surface area contributed by atoms with Crippen LogP contribution in [-0.2, 0) is 16.0 Å². The van der Waals surface area contributed by atoms with Gasteiger partial charge in [-0.25, -0.2) is 0 Å². The first-order valence-corrected chi connectivity index (χ1v) is 10.5. The smallest absolute Gasteiger partial charge is 0.255 e. The van der Waals surface area contributed by atoms with Gasteiger partial charge < -0.3 is 15.4 Å². The SMILES string of the molecule is C=Nc1ccc(NC(=O)c2cccc(CC)c2)cc1SCCCOCCNC=O. The van der Waals surface area contributed by atoms with Crippen LogP contribution in [0.4, 0.5) is 11.4 Å². The van der Waals surface area contributed by atoms with Gasteiger partial charge in [0.05, 0.1) is 12.3 Å². The van der Waals surface area contributed by atoms with E-state index in [2.05, 4.69) is 29.3 Å². The molecule has 2 aromatic carbocycles. The maximum Gasteiger partial charge on any atom is 0.255 e. The molecule has 2 N–H and O–H groups in total. The van der Waals surface area contributed by atoms with Crippen LogP contribution in [0.3, 0.4) is 0 Å². The van der Waals surface area contributed by atoms with Gasteiger partial charge in [-0.15, -0.1) is 11.8 Å². The molecule has 6 nitrogen and oxygen atoms in total. The van der Waals surface area contributed by atoms with E-state index < -0.39 is 0 Å². The third-order valence-electron chi connectivity index (χ3n) is 4.15. The van der Waals surface area contributed by atoms with Gasteiger partial charge in [-0.3, -0.25) is 14.6 Å². The van der Waals surface area contributed by atoms with E-state index in [1.165, 1.54) is 0 Å². The average Bonchev–Trinajstić information content (AvgIpc) is 2.75. The number of hydrogen-bond acceptors (Lipinski definition) is 5. The second-order valence-corrected chi connectivity index (χ2v) is 7.37. The summed E-state index contributed by atoms with van der Waals surface area (Å²) in [5.74, 6) is 0.715. The number of aryl methyl sites for hydroxylation is 1. The number of benzene rings is 2. The van der Waals surface area contributed by atoms with Crippen molar-refractivity contribution in [1.82, 2.24) is 5.32 Å². The highest BCUT2D eigenvalue weighted by molar-refractivity contribution is 7.99. The zero-order valence-electron chi connectivity index (χ0n) is 16.6.